The Kier molecular flexibility index (Phi) is 4.54. The number of aliphatic hydroxyl groups is 1. The SMILES string of the molecule is CCC1CCC(CN)(C(O)c2ccc(Cl)cc2C)C1. The fraction of sp³-hybridized carbons (Fsp3) is 0.625. The largest absolute Gasteiger partial charge is 0.388 e. The summed E-state index contributed by atoms with van der Waals surface area (Å²) in [7, 11) is 0. The lowest BCUT2D eigenvalue weighted by molar-refractivity contribution is 0.0297. The second-order valence-electron chi connectivity index (χ2n) is 5.99. The van der Waals surface area contributed by atoms with Crippen molar-refractivity contribution in [3.8, 4) is 0 Å². The van der Waals surface area contributed by atoms with Gasteiger partial charge in [-0.15, -0.1) is 0 Å². The summed E-state index contributed by atoms with van der Waals surface area (Å²) in [5, 5.41) is 11.5. The van der Waals surface area contributed by atoms with Gasteiger partial charge in [-0.1, -0.05) is 31.0 Å². The summed E-state index contributed by atoms with van der Waals surface area (Å²) in [4.78, 5) is 0. The van der Waals surface area contributed by atoms with Crippen LogP contribution in [0, 0.1) is 18.3 Å². The Morgan fingerprint density at radius 3 is 2.79 bits per heavy atom. The first-order chi connectivity index (χ1) is 9.02. The lowest BCUT2D eigenvalue weighted by Gasteiger charge is -2.34. The quantitative estimate of drug-likeness (QED) is 0.881. The van der Waals surface area contributed by atoms with Crippen molar-refractivity contribution >= 4 is 11.6 Å². The van der Waals surface area contributed by atoms with Crippen LogP contribution in [0.15, 0.2) is 18.2 Å². The molecule has 1 saturated carbocycles. The fourth-order valence-corrected chi connectivity index (χ4v) is 3.67. The molecule has 1 aliphatic rings. The number of halogens is 1. The third kappa shape index (κ3) is 2.81. The molecule has 3 unspecified atom stereocenters. The van der Waals surface area contributed by atoms with Crippen LogP contribution in [0.4, 0.5) is 0 Å². The maximum atomic E-state index is 10.8. The molecule has 1 aromatic rings. The molecule has 3 heteroatoms. The van der Waals surface area contributed by atoms with Gasteiger partial charge in [0.15, 0.2) is 0 Å². The summed E-state index contributed by atoms with van der Waals surface area (Å²) in [6, 6.07) is 5.71. The van der Waals surface area contributed by atoms with E-state index >= 15 is 0 Å². The van der Waals surface area contributed by atoms with E-state index < -0.39 is 6.10 Å². The van der Waals surface area contributed by atoms with Gasteiger partial charge in [-0.05, 0) is 55.4 Å². The number of benzene rings is 1. The average Bonchev–Trinajstić information content (AvgIpc) is 2.83. The Morgan fingerprint density at radius 2 is 2.26 bits per heavy atom. The molecule has 1 aliphatic carbocycles. The molecule has 0 heterocycles. The Labute approximate surface area is 121 Å². The maximum absolute atomic E-state index is 10.8. The second kappa shape index (κ2) is 5.82. The first-order valence-corrected chi connectivity index (χ1v) is 7.54. The first-order valence-electron chi connectivity index (χ1n) is 7.16. The summed E-state index contributed by atoms with van der Waals surface area (Å²) in [6.45, 7) is 4.77. The van der Waals surface area contributed by atoms with Crippen LogP contribution in [0.2, 0.25) is 5.02 Å². The van der Waals surface area contributed by atoms with Gasteiger partial charge >= 0.3 is 0 Å². The molecule has 0 radical (unpaired) electrons. The van der Waals surface area contributed by atoms with Crippen molar-refractivity contribution < 1.29 is 5.11 Å². The van der Waals surface area contributed by atoms with Crippen LogP contribution in [0.25, 0.3) is 0 Å². The molecule has 3 N–H and O–H groups in total. The molecule has 0 aliphatic heterocycles. The molecular formula is C16H24ClNO. The predicted molar refractivity (Wildman–Crippen MR) is 80.3 cm³/mol. The molecule has 19 heavy (non-hydrogen) atoms. The number of aryl methyl sites for hydroxylation is 1. The molecule has 2 nitrogen and oxygen atoms in total. The van der Waals surface area contributed by atoms with Crippen LogP contribution in [0.3, 0.4) is 0 Å². The molecule has 0 aromatic heterocycles. The zero-order chi connectivity index (χ0) is 14.0. The van der Waals surface area contributed by atoms with Crippen LogP contribution >= 0.6 is 11.6 Å². The lowest BCUT2D eigenvalue weighted by atomic mass is 9.75. The number of aliphatic hydroxyl groups excluding tert-OH is 1. The Balaban J connectivity index is 2.28. The van der Waals surface area contributed by atoms with E-state index in [1.165, 1.54) is 12.8 Å². The summed E-state index contributed by atoms with van der Waals surface area (Å²) < 4.78 is 0. The van der Waals surface area contributed by atoms with E-state index in [2.05, 4.69) is 6.92 Å². The molecule has 1 aromatic carbocycles. The number of hydrogen-bond donors (Lipinski definition) is 2. The average molecular weight is 282 g/mol. The highest BCUT2D eigenvalue weighted by atomic mass is 35.5. The van der Waals surface area contributed by atoms with Crippen molar-refractivity contribution in [3.05, 3.63) is 34.3 Å². The number of rotatable bonds is 4. The van der Waals surface area contributed by atoms with Crippen molar-refractivity contribution in [2.45, 2.75) is 45.6 Å². The first kappa shape index (κ1) is 14.8. The summed E-state index contributed by atoms with van der Waals surface area (Å²) in [5.74, 6) is 0.700. The van der Waals surface area contributed by atoms with Crippen LogP contribution < -0.4 is 5.73 Å². The fourth-order valence-electron chi connectivity index (χ4n) is 3.44. The van der Waals surface area contributed by atoms with Crippen molar-refractivity contribution in [3.63, 3.8) is 0 Å². The lowest BCUT2D eigenvalue weighted by Crippen LogP contribution is -2.35. The molecule has 0 spiro atoms. The van der Waals surface area contributed by atoms with Gasteiger partial charge < -0.3 is 10.8 Å². The van der Waals surface area contributed by atoms with Crippen molar-refractivity contribution in [1.29, 1.82) is 0 Å². The van der Waals surface area contributed by atoms with Gasteiger partial charge in [0.2, 0.25) is 0 Å². The normalized spacial score (nSPS) is 28.6. The molecule has 0 bridgehead atoms. The van der Waals surface area contributed by atoms with Gasteiger partial charge in [0.25, 0.3) is 0 Å². The Bertz CT molecular complexity index is 448. The van der Waals surface area contributed by atoms with E-state index in [0.717, 1.165) is 24.0 Å². The monoisotopic (exact) mass is 281 g/mol. The zero-order valence-electron chi connectivity index (χ0n) is 11.8. The molecule has 0 amide bonds. The van der Waals surface area contributed by atoms with E-state index in [1.807, 2.05) is 25.1 Å². The molecule has 0 saturated heterocycles. The highest BCUT2D eigenvalue weighted by Crippen LogP contribution is 2.50. The molecule has 106 valence electrons. The van der Waals surface area contributed by atoms with Gasteiger partial charge in [0.05, 0.1) is 6.10 Å². The van der Waals surface area contributed by atoms with Gasteiger partial charge in [-0.3, -0.25) is 0 Å². The summed E-state index contributed by atoms with van der Waals surface area (Å²) >= 11 is 5.99. The van der Waals surface area contributed by atoms with E-state index in [9.17, 15) is 5.11 Å². The van der Waals surface area contributed by atoms with Crippen LogP contribution in [-0.2, 0) is 0 Å². The van der Waals surface area contributed by atoms with Crippen LogP contribution in [-0.4, -0.2) is 11.7 Å². The third-order valence-corrected chi connectivity index (χ3v) is 5.07. The molecule has 2 rings (SSSR count). The molecule has 3 atom stereocenters. The van der Waals surface area contributed by atoms with Crippen LogP contribution in [0.5, 0.6) is 0 Å². The van der Waals surface area contributed by atoms with Gasteiger partial charge in [0, 0.05) is 17.0 Å². The van der Waals surface area contributed by atoms with Gasteiger partial charge in [-0.2, -0.15) is 0 Å². The minimum Gasteiger partial charge on any atom is -0.388 e. The summed E-state index contributed by atoms with van der Waals surface area (Å²) in [6.07, 6.45) is 3.92. The number of nitrogens with two attached hydrogens (primary N) is 1. The van der Waals surface area contributed by atoms with Crippen molar-refractivity contribution in [1.82, 2.24) is 0 Å². The van der Waals surface area contributed by atoms with Crippen molar-refractivity contribution in [2.24, 2.45) is 17.1 Å². The Hall–Kier alpha value is -0.570. The second-order valence-corrected chi connectivity index (χ2v) is 6.42. The third-order valence-electron chi connectivity index (χ3n) is 4.84. The Morgan fingerprint density at radius 1 is 1.53 bits per heavy atom. The number of hydrogen-bond acceptors (Lipinski definition) is 2. The smallest absolute Gasteiger partial charge is 0.0860 e. The van der Waals surface area contributed by atoms with E-state index in [4.69, 9.17) is 17.3 Å². The standard InChI is InChI=1S/C16H24ClNO/c1-3-12-6-7-16(9-12,10-18)15(19)14-5-4-13(17)8-11(14)2/h4-5,8,12,15,19H,3,6-7,9-10,18H2,1-2H3. The minimum atomic E-state index is -0.480. The minimum absolute atomic E-state index is 0.154. The van der Waals surface area contributed by atoms with Crippen molar-refractivity contribution in [2.75, 3.05) is 6.54 Å². The van der Waals surface area contributed by atoms with Gasteiger partial charge in [0.1, 0.15) is 0 Å². The van der Waals surface area contributed by atoms with E-state index in [0.29, 0.717) is 17.5 Å². The summed E-state index contributed by atoms with van der Waals surface area (Å²) in [5.41, 5.74) is 7.89. The van der Waals surface area contributed by atoms with Crippen LogP contribution in [0.1, 0.15) is 49.8 Å². The predicted octanol–water partition coefficient (Wildman–Crippen LogP) is 3.84. The zero-order valence-corrected chi connectivity index (χ0v) is 12.6. The topological polar surface area (TPSA) is 46.2 Å². The highest BCUT2D eigenvalue weighted by molar-refractivity contribution is 6.30. The van der Waals surface area contributed by atoms with Gasteiger partial charge in [-0.25, -0.2) is 0 Å². The molecular weight excluding hydrogens is 258 g/mol. The molecule has 1 fully saturated rings. The maximum Gasteiger partial charge on any atom is 0.0860 e. The van der Waals surface area contributed by atoms with E-state index in [-0.39, 0.29) is 5.41 Å². The van der Waals surface area contributed by atoms with E-state index in [1.54, 1.807) is 0 Å². The highest BCUT2D eigenvalue weighted by Gasteiger charge is 2.43.